The summed E-state index contributed by atoms with van der Waals surface area (Å²) in [5.41, 5.74) is 6.71. The zero-order valence-electron chi connectivity index (χ0n) is 23.9. The molecule has 0 aliphatic carbocycles. The minimum Gasteiger partial charge on any atom is -0.478 e. The lowest BCUT2D eigenvalue weighted by molar-refractivity contribution is -0.139. The highest BCUT2D eigenvalue weighted by Crippen LogP contribution is 2.29. The van der Waals surface area contributed by atoms with Gasteiger partial charge in [0.15, 0.2) is 0 Å². The summed E-state index contributed by atoms with van der Waals surface area (Å²) in [6, 6.07) is 6.45. The molecule has 8 nitrogen and oxygen atoms in total. The van der Waals surface area contributed by atoms with Gasteiger partial charge in [-0.25, -0.2) is 4.79 Å². The number of hydrogen-bond acceptors (Lipinski definition) is 5. The summed E-state index contributed by atoms with van der Waals surface area (Å²) in [5, 5.41) is 15.1. The quantitative estimate of drug-likeness (QED) is 0.362. The Morgan fingerprint density at radius 1 is 1.06 bits per heavy atom. The van der Waals surface area contributed by atoms with Crippen LogP contribution >= 0.6 is 0 Å². The molecule has 0 heterocycles. The smallest absolute Gasteiger partial charge is 0.331 e. The van der Waals surface area contributed by atoms with E-state index in [9.17, 15) is 14.4 Å². The molecule has 0 spiro atoms. The van der Waals surface area contributed by atoms with E-state index in [0.29, 0.717) is 6.54 Å². The van der Waals surface area contributed by atoms with Gasteiger partial charge >= 0.3 is 5.97 Å². The minimum atomic E-state index is -1.03. The van der Waals surface area contributed by atoms with Gasteiger partial charge in [0, 0.05) is 31.1 Å². The summed E-state index contributed by atoms with van der Waals surface area (Å²) in [5.74, 6) is -1.61. The van der Waals surface area contributed by atoms with Crippen LogP contribution in [0.25, 0.3) is 0 Å². The molecule has 0 fully saturated rings. The van der Waals surface area contributed by atoms with Crippen LogP contribution in [0.5, 0.6) is 0 Å². The first kappa shape index (κ1) is 33.3. The van der Waals surface area contributed by atoms with Crippen LogP contribution in [-0.4, -0.2) is 60.5 Å². The topological polar surface area (TPSA) is 125 Å². The molecule has 36 heavy (non-hydrogen) atoms. The van der Waals surface area contributed by atoms with Gasteiger partial charge in [0.1, 0.15) is 6.04 Å². The highest BCUT2D eigenvalue weighted by molar-refractivity contribution is 5.91. The number of nitrogens with zero attached hydrogens (tertiary/aromatic N) is 1. The van der Waals surface area contributed by atoms with Crippen molar-refractivity contribution in [2.75, 3.05) is 20.6 Å². The average molecular weight is 505 g/mol. The lowest BCUT2D eigenvalue weighted by atomic mass is 9.76. The van der Waals surface area contributed by atoms with Gasteiger partial charge in [0.25, 0.3) is 0 Å². The van der Waals surface area contributed by atoms with Crippen molar-refractivity contribution in [1.82, 2.24) is 15.5 Å². The van der Waals surface area contributed by atoms with Gasteiger partial charge in [-0.15, -0.1) is 0 Å². The predicted molar refractivity (Wildman–Crippen MR) is 147 cm³/mol. The monoisotopic (exact) mass is 504 g/mol. The molecule has 2 amide bonds. The first-order chi connectivity index (χ1) is 16.6. The number of rotatable bonds is 10. The minimum absolute atomic E-state index is 0.133. The van der Waals surface area contributed by atoms with Crippen LogP contribution in [0.4, 0.5) is 0 Å². The van der Waals surface area contributed by atoms with Crippen molar-refractivity contribution in [2.24, 2.45) is 11.1 Å². The van der Waals surface area contributed by atoms with E-state index >= 15 is 0 Å². The largest absolute Gasteiger partial charge is 0.478 e. The number of benzene rings is 1. The number of nitrogens with two attached hydrogens (primary N) is 1. The molecule has 0 saturated heterocycles. The normalized spacial score (nSPS) is 13.7. The van der Waals surface area contributed by atoms with Gasteiger partial charge in [-0.2, -0.15) is 0 Å². The van der Waals surface area contributed by atoms with Gasteiger partial charge in [-0.05, 0) is 30.5 Å². The van der Waals surface area contributed by atoms with Crippen LogP contribution in [0.1, 0.15) is 72.9 Å². The maximum atomic E-state index is 13.4. The highest BCUT2D eigenvalue weighted by Gasteiger charge is 2.40. The van der Waals surface area contributed by atoms with Crippen molar-refractivity contribution in [2.45, 2.75) is 85.9 Å². The number of carbonyl (C=O) groups is 3. The second-order valence-electron chi connectivity index (χ2n) is 10.8. The Balaban J connectivity index is 0.00000387. The Morgan fingerprint density at radius 2 is 1.56 bits per heavy atom. The molecule has 2 atom stereocenters. The van der Waals surface area contributed by atoms with E-state index in [-0.39, 0.29) is 23.9 Å². The Morgan fingerprint density at radius 3 is 1.94 bits per heavy atom. The summed E-state index contributed by atoms with van der Waals surface area (Å²) < 4.78 is 0. The van der Waals surface area contributed by atoms with Crippen LogP contribution in [0.3, 0.4) is 0 Å². The maximum Gasteiger partial charge on any atom is 0.331 e. The lowest BCUT2D eigenvalue weighted by Crippen LogP contribution is -2.60. The number of likely N-dealkylation sites (N-methyl/N-ethyl adjacent to an activating group) is 2. The lowest BCUT2D eigenvalue weighted by Gasteiger charge is -2.38. The van der Waals surface area contributed by atoms with E-state index in [2.05, 4.69) is 24.5 Å². The summed E-state index contributed by atoms with van der Waals surface area (Å²) >= 11 is 0. The van der Waals surface area contributed by atoms with E-state index in [1.165, 1.54) is 24.3 Å². The fraction of sp³-hybridized carbons (Fsp3) is 0.607. The number of carbonyl (C=O) groups excluding carboxylic acids is 2. The van der Waals surface area contributed by atoms with Gasteiger partial charge in [0.2, 0.25) is 11.8 Å². The van der Waals surface area contributed by atoms with E-state index in [0.717, 1.165) is 11.1 Å². The molecule has 5 N–H and O–H groups in total. The van der Waals surface area contributed by atoms with E-state index in [1.54, 1.807) is 14.1 Å². The fourth-order valence-corrected chi connectivity index (χ4v) is 3.60. The summed E-state index contributed by atoms with van der Waals surface area (Å²) in [4.78, 5) is 39.1. The molecule has 1 rings (SSSR count). The van der Waals surface area contributed by atoms with E-state index in [4.69, 9.17) is 10.8 Å². The van der Waals surface area contributed by atoms with Crippen LogP contribution < -0.4 is 16.4 Å². The highest BCUT2D eigenvalue weighted by atomic mass is 16.4. The molecule has 204 valence electrons. The van der Waals surface area contributed by atoms with Crippen LogP contribution in [0.15, 0.2) is 35.9 Å². The molecule has 0 aliphatic rings. The molecule has 0 radical (unpaired) electrons. The van der Waals surface area contributed by atoms with Crippen LogP contribution in [0.2, 0.25) is 0 Å². The van der Waals surface area contributed by atoms with Crippen molar-refractivity contribution in [1.29, 1.82) is 0 Å². The van der Waals surface area contributed by atoms with E-state index in [1.807, 2.05) is 58.9 Å². The predicted octanol–water partition coefficient (Wildman–Crippen LogP) is 3.45. The van der Waals surface area contributed by atoms with Crippen molar-refractivity contribution >= 4 is 17.8 Å². The standard InChI is InChI=1S/C25H40N4O4.C3H8/c1-16(23(32)33)13-14-29(8)22(31)20(24(2,3)4)28-21(30)19(27-7)25(5,6)18-11-9-17(15-26)10-12-18;1-3-2/h9-13,19-20,27H,14-15,26H2,1-8H3,(H,28,30)(H,32,33);3H2,1-2H3/b16-13+;. The second-order valence-corrected chi connectivity index (χ2v) is 10.8. The third-order valence-electron chi connectivity index (χ3n) is 5.99. The van der Waals surface area contributed by atoms with Gasteiger partial charge in [-0.3, -0.25) is 9.59 Å². The zero-order valence-corrected chi connectivity index (χ0v) is 23.9. The van der Waals surface area contributed by atoms with Crippen molar-refractivity contribution < 1.29 is 19.5 Å². The molecular formula is C28H48N4O4. The molecule has 0 aliphatic heterocycles. The van der Waals surface area contributed by atoms with Crippen LogP contribution in [0, 0.1) is 5.41 Å². The Kier molecular flexibility index (Phi) is 13.6. The molecule has 2 unspecified atom stereocenters. The summed E-state index contributed by atoms with van der Waals surface area (Å²) in [6.45, 7) is 15.9. The first-order valence-electron chi connectivity index (χ1n) is 12.5. The Hall–Kier alpha value is -2.71. The number of carboxylic acid groups (broad SMARTS) is 1. The SMILES string of the molecule is CCC.CNC(C(=O)NC(C(=O)N(C)C/C=C(\C)C(=O)O)C(C)(C)C)C(C)(C)c1ccc(CN)cc1. The molecular weight excluding hydrogens is 456 g/mol. The molecule has 1 aromatic rings. The third kappa shape index (κ3) is 9.74. The van der Waals surface area contributed by atoms with E-state index < -0.39 is 28.9 Å². The number of carboxylic acids is 1. The van der Waals surface area contributed by atoms with Gasteiger partial charge < -0.3 is 26.4 Å². The van der Waals surface area contributed by atoms with Gasteiger partial charge in [0.05, 0.1) is 6.04 Å². The number of aliphatic carboxylic acids is 1. The Labute approximate surface area is 217 Å². The third-order valence-corrected chi connectivity index (χ3v) is 5.99. The zero-order chi connectivity index (χ0) is 28.3. The van der Waals surface area contributed by atoms with Crippen molar-refractivity contribution in [3.63, 3.8) is 0 Å². The van der Waals surface area contributed by atoms with Gasteiger partial charge in [-0.1, -0.05) is 85.2 Å². The first-order valence-corrected chi connectivity index (χ1v) is 12.5. The van der Waals surface area contributed by atoms with Crippen LogP contribution in [-0.2, 0) is 26.3 Å². The van der Waals surface area contributed by atoms with Crippen molar-refractivity contribution in [3.8, 4) is 0 Å². The summed E-state index contributed by atoms with van der Waals surface area (Å²) in [6.07, 6.45) is 2.73. The molecule has 1 aromatic carbocycles. The molecule has 0 aromatic heterocycles. The number of amides is 2. The Bertz CT molecular complexity index is 886. The maximum absolute atomic E-state index is 13.4. The molecule has 0 bridgehead atoms. The molecule has 8 heteroatoms. The fourth-order valence-electron chi connectivity index (χ4n) is 3.60. The number of hydrogen-bond donors (Lipinski definition) is 4. The second kappa shape index (κ2) is 14.8. The molecule has 0 saturated carbocycles. The van der Waals surface area contributed by atoms with Crippen molar-refractivity contribution in [3.05, 3.63) is 47.0 Å². The number of nitrogens with one attached hydrogen (secondary N) is 2. The summed E-state index contributed by atoms with van der Waals surface area (Å²) in [7, 11) is 3.32. The average Bonchev–Trinajstić information content (AvgIpc) is 2.80.